The first kappa shape index (κ1) is 21.5. The number of rotatable bonds is 3. The molecule has 1 saturated heterocycles. The molecule has 164 valence electrons. The van der Waals surface area contributed by atoms with E-state index >= 15 is 0 Å². The molecule has 2 aromatic rings. The van der Waals surface area contributed by atoms with Crippen LogP contribution in [-0.4, -0.2) is 52.3 Å². The minimum absolute atomic E-state index is 0.152. The topological polar surface area (TPSA) is 94.4 Å². The lowest BCUT2D eigenvalue weighted by atomic mass is 9.87. The number of aliphatic imine (C=N–C) groups is 1. The van der Waals surface area contributed by atoms with E-state index in [1.54, 1.807) is 42.2 Å². The summed E-state index contributed by atoms with van der Waals surface area (Å²) in [4.78, 5) is 18.8. The van der Waals surface area contributed by atoms with Crippen molar-refractivity contribution in [3.05, 3.63) is 58.6 Å². The fourth-order valence-corrected chi connectivity index (χ4v) is 4.50. The molecule has 0 radical (unpaired) electrons. The number of hydrogen-bond donors (Lipinski definition) is 3. The number of piperidine rings is 1. The van der Waals surface area contributed by atoms with Crippen molar-refractivity contribution < 1.29 is 19.7 Å². The van der Waals surface area contributed by atoms with E-state index in [4.69, 9.17) is 21.3 Å². The molecule has 0 aliphatic carbocycles. The second kappa shape index (κ2) is 8.77. The molecule has 0 aromatic heterocycles. The predicted molar refractivity (Wildman–Crippen MR) is 119 cm³/mol. The number of aromatic hydroxyl groups is 2. The average Bonchev–Trinajstić information content (AvgIpc) is 2.76. The van der Waals surface area contributed by atoms with Crippen molar-refractivity contribution in [2.24, 2.45) is 4.99 Å². The Hall–Kier alpha value is -2.77. The number of phenolic OH excluding ortho intramolecular Hbond substituents is 2. The van der Waals surface area contributed by atoms with Gasteiger partial charge in [-0.1, -0.05) is 23.7 Å². The first-order valence-corrected chi connectivity index (χ1v) is 10.8. The Balaban J connectivity index is 1.68. The Morgan fingerprint density at radius 3 is 2.68 bits per heavy atom. The van der Waals surface area contributed by atoms with Crippen LogP contribution in [0, 0.1) is 0 Å². The molecule has 0 bridgehead atoms. The van der Waals surface area contributed by atoms with Gasteiger partial charge in [-0.05, 0) is 37.3 Å². The summed E-state index contributed by atoms with van der Waals surface area (Å²) >= 11 is 6.21. The highest BCUT2D eigenvalue weighted by Gasteiger charge is 2.42. The van der Waals surface area contributed by atoms with Crippen LogP contribution in [0.25, 0.3) is 0 Å². The van der Waals surface area contributed by atoms with Crippen LogP contribution in [0.1, 0.15) is 43.4 Å². The van der Waals surface area contributed by atoms with Gasteiger partial charge in [0, 0.05) is 60.3 Å². The van der Waals surface area contributed by atoms with Gasteiger partial charge in [-0.2, -0.15) is 0 Å². The van der Waals surface area contributed by atoms with E-state index in [0.29, 0.717) is 55.1 Å². The molecule has 31 heavy (non-hydrogen) atoms. The molecular weight excluding hydrogens is 418 g/mol. The van der Waals surface area contributed by atoms with Crippen LogP contribution in [0.5, 0.6) is 11.5 Å². The number of halogens is 1. The van der Waals surface area contributed by atoms with Gasteiger partial charge in [0.1, 0.15) is 17.2 Å². The van der Waals surface area contributed by atoms with Gasteiger partial charge in [-0.15, -0.1) is 0 Å². The summed E-state index contributed by atoms with van der Waals surface area (Å²) in [7, 11) is 0. The molecule has 1 amide bonds. The maximum Gasteiger partial charge on any atom is 0.409 e. The number of amides is 1. The summed E-state index contributed by atoms with van der Waals surface area (Å²) in [5.41, 5.74) is 1.48. The smallest absolute Gasteiger partial charge is 0.409 e. The quantitative estimate of drug-likeness (QED) is 0.660. The van der Waals surface area contributed by atoms with Gasteiger partial charge in [-0.3, -0.25) is 10.3 Å². The molecule has 0 saturated carbocycles. The molecule has 2 aliphatic rings. The summed E-state index contributed by atoms with van der Waals surface area (Å²) < 4.78 is 5.13. The number of carbonyl (C=O) groups is 1. The lowest BCUT2D eigenvalue weighted by Gasteiger charge is -2.45. The zero-order chi connectivity index (χ0) is 22.0. The maximum absolute atomic E-state index is 12.1. The monoisotopic (exact) mass is 443 g/mol. The highest BCUT2D eigenvalue weighted by atomic mass is 35.5. The third-order valence-electron chi connectivity index (χ3n) is 5.89. The SMILES string of the molecule is CCOC(=O)N1CCC2(CC1)N=C(c1ccccc1O)CC(c1cc(Cl)ccc1O)N2. The normalized spacial score (nSPS) is 20.4. The van der Waals surface area contributed by atoms with Crippen LogP contribution in [0.2, 0.25) is 5.02 Å². The molecule has 2 heterocycles. The number of nitrogens with zero attached hydrogens (tertiary/aromatic N) is 2. The van der Waals surface area contributed by atoms with Crippen LogP contribution in [0.15, 0.2) is 47.5 Å². The molecular formula is C23H26ClN3O4. The van der Waals surface area contributed by atoms with E-state index in [0.717, 1.165) is 5.71 Å². The van der Waals surface area contributed by atoms with Crippen LogP contribution < -0.4 is 5.32 Å². The molecule has 1 spiro atoms. The number of nitrogens with one attached hydrogen (secondary N) is 1. The molecule has 4 rings (SSSR count). The van der Waals surface area contributed by atoms with E-state index in [1.165, 1.54) is 0 Å². The predicted octanol–water partition coefficient (Wildman–Crippen LogP) is 4.22. The summed E-state index contributed by atoms with van der Waals surface area (Å²) in [6.07, 6.45) is 1.33. The molecule has 1 atom stereocenters. The minimum atomic E-state index is -0.627. The highest BCUT2D eigenvalue weighted by Crippen LogP contribution is 2.39. The summed E-state index contributed by atoms with van der Waals surface area (Å²) in [5.74, 6) is 0.316. The maximum atomic E-state index is 12.1. The number of benzene rings is 2. The molecule has 7 nitrogen and oxygen atoms in total. The Morgan fingerprint density at radius 2 is 1.97 bits per heavy atom. The van der Waals surface area contributed by atoms with E-state index in [2.05, 4.69) is 5.32 Å². The second-order valence-electron chi connectivity index (χ2n) is 7.90. The van der Waals surface area contributed by atoms with Gasteiger partial charge in [0.15, 0.2) is 0 Å². The van der Waals surface area contributed by atoms with Crippen molar-refractivity contribution in [3.63, 3.8) is 0 Å². The molecule has 8 heteroatoms. The number of hydrogen-bond acceptors (Lipinski definition) is 6. The Bertz CT molecular complexity index is 1000. The van der Waals surface area contributed by atoms with E-state index in [-0.39, 0.29) is 23.6 Å². The van der Waals surface area contributed by atoms with Gasteiger partial charge < -0.3 is 19.8 Å². The summed E-state index contributed by atoms with van der Waals surface area (Å²) in [6.45, 7) is 3.12. The first-order chi connectivity index (χ1) is 14.9. The number of phenols is 2. The second-order valence-corrected chi connectivity index (χ2v) is 8.33. The van der Waals surface area contributed by atoms with Crippen molar-refractivity contribution in [1.29, 1.82) is 0 Å². The van der Waals surface area contributed by atoms with Crippen LogP contribution >= 0.6 is 11.6 Å². The highest BCUT2D eigenvalue weighted by molar-refractivity contribution is 6.30. The lowest BCUT2D eigenvalue weighted by Crippen LogP contribution is -2.56. The van der Waals surface area contributed by atoms with Crippen LogP contribution in [0.3, 0.4) is 0 Å². The van der Waals surface area contributed by atoms with Gasteiger partial charge in [0.05, 0.1) is 6.61 Å². The molecule has 1 fully saturated rings. The fraction of sp³-hybridized carbons (Fsp3) is 0.391. The average molecular weight is 444 g/mol. The minimum Gasteiger partial charge on any atom is -0.508 e. The zero-order valence-corrected chi connectivity index (χ0v) is 18.1. The molecule has 1 unspecified atom stereocenters. The number of likely N-dealkylation sites (tertiary alicyclic amines) is 1. The van der Waals surface area contributed by atoms with Crippen molar-refractivity contribution in [3.8, 4) is 11.5 Å². The van der Waals surface area contributed by atoms with Gasteiger partial charge >= 0.3 is 6.09 Å². The number of para-hydroxylation sites is 1. The van der Waals surface area contributed by atoms with Crippen molar-refractivity contribution in [2.45, 2.75) is 37.9 Å². The Labute approximate surface area is 186 Å². The van der Waals surface area contributed by atoms with E-state index < -0.39 is 5.66 Å². The largest absolute Gasteiger partial charge is 0.508 e. The van der Waals surface area contributed by atoms with Crippen molar-refractivity contribution in [2.75, 3.05) is 19.7 Å². The van der Waals surface area contributed by atoms with E-state index in [1.807, 2.05) is 12.1 Å². The summed E-state index contributed by atoms with van der Waals surface area (Å²) in [5, 5.41) is 25.1. The first-order valence-electron chi connectivity index (χ1n) is 10.5. The van der Waals surface area contributed by atoms with Crippen LogP contribution in [0.4, 0.5) is 4.79 Å². The Kier molecular flexibility index (Phi) is 6.07. The molecule has 2 aliphatic heterocycles. The number of ether oxygens (including phenoxy) is 1. The summed E-state index contributed by atoms with van der Waals surface area (Å²) in [6, 6.07) is 11.9. The van der Waals surface area contributed by atoms with E-state index in [9.17, 15) is 15.0 Å². The third kappa shape index (κ3) is 4.48. The molecule has 2 aromatic carbocycles. The lowest BCUT2D eigenvalue weighted by molar-refractivity contribution is 0.0778. The van der Waals surface area contributed by atoms with Gasteiger partial charge in [-0.25, -0.2) is 4.79 Å². The zero-order valence-electron chi connectivity index (χ0n) is 17.3. The van der Waals surface area contributed by atoms with Crippen LogP contribution in [-0.2, 0) is 4.74 Å². The fourth-order valence-electron chi connectivity index (χ4n) is 4.32. The Morgan fingerprint density at radius 1 is 1.23 bits per heavy atom. The molecule has 3 N–H and O–H groups in total. The van der Waals surface area contributed by atoms with Gasteiger partial charge in [0.25, 0.3) is 0 Å². The third-order valence-corrected chi connectivity index (χ3v) is 6.12. The number of carbonyl (C=O) groups excluding carboxylic acids is 1. The standard InChI is InChI=1S/C23H26ClN3O4/c1-2-31-22(30)27-11-9-23(10-12-27)25-18(16-5-3-4-6-20(16)28)14-19(26-23)17-13-15(24)7-8-21(17)29/h3-8,13,19,26,28-29H,2,9-12,14H2,1H3. The van der Waals surface area contributed by atoms with Crippen molar-refractivity contribution >= 4 is 23.4 Å². The van der Waals surface area contributed by atoms with Crippen molar-refractivity contribution in [1.82, 2.24) is 10.2 Å². The van der Waals surface area contributed by atoms with Gasteiger partial charge in [0.2, 0.25) is 0 Å².